The molecule has 3 aromatic rings. The van der Waals surface area contributed by atoms with Crippen molar-refractivity contribution in [3.8, 4) is 11.5 Å². The first kappa shape index (κ1) is 12.2. The molecule has 0 amide bonds. The minimum Gasteiger partial charge on any atom is -0.618 e. The van der Waals surface area contributed by atoms with E-state index in [9.17, 15) is 5.21 Å². The normalized spacial score (nSPS) is 11.5. The Kier molecular flexibility index (Phi) is 3.29. The van der Waals surface area contributed by atoms with Gasteiger partial charge in [-0.2, -0.15) is 4.74 Å². The zero-order valence-corrected chi connectivity index (χ0v) is 10.6. The second kappa shape index (κ2) is 5.40. The third-order valence-electron chi connectivity index (χ3n) is 2.87. The van der Waals surface area contributed by atoms with E-state index in [1.807, 2.05) is 42.5 Å². The molecule has 4 nitrogen and oxygen atoms in total. The molecule has 98 valence electrons. The number of hydrogen-bond acceptors (Lipinski definition) is 3. The zero-order chi connectivity index (χ0) is 13.8. The minimum absolute atomic E-state index is 0.543. The molecular formula is C16H12N2O2. The van der Waals surface area contributed by atoms with Crippen LogP contribution in [0.15, 0.2) is 71.5 Å². The lowest BCUT2D eigenvalue weighted by atomic mass is 10.2. The maximum absolute atomic E-state index is 12.0. The summed E-state index contributed by atoms with van der Waals surface area (Å²) in [6.07, 6.45) is 4.65. The largest absolute Gasteiger partial charge is 0.618 e. The Bertz CT molecular complexity index is 702. The zero-order valence-electron chi connectivity index (χ0n) is 10.6. The Hall–Kier alpha value is -2.88. The number of hydrogen-bond donors (Lipinski definition) is 0. The van der Waals surface area contributed by atoms with Gasteiger partial charge in [-0.1, -0.05) is 18.2 Å². The fourth-order valence-corrected chi connectivity index (χ4v) is 1.87. The summed E-state index contributed by atoms with van der Waals surface area (Å²) in [5, 5.41) is 12.0. The van der Waals surface area contributed by atoms with Gasteiger partial charge in [0.05, 0.1) is 6.20 Å². The van der Waals surface area contributed by atoms with Crippen LogP contribution < -0.4 is 0 Å². The second-order valence-corrected chi connectivity index (χ2v) is 4.25. The van der Waals surface area contributed by atoms with Gasteiger partial charge in [-0.25, -0.2) is 4.98 Å². The molecule has 0 aliphatic heterocycles. The van der Waals surface area contributed by atoms with E-state index < -0.39 is 0 Å². The molecule has 1 heterocycles. The number of rotatable bonds is 3. The van der Waals surface area contributed by atoms with Gasteiger partial charge in [0.25, 0.3) is 0 Å². The van der Waals surface area contributed by atoms with Gasteiger partial charge < -0.3 is 9.62 Å². The third-order valence-corrected chi connectivity index (χ3v) is 2.87. The lowest BCUT2D eigenvalue weighted by Gasteiger charge is -2.03. The number of aromatic nitrogens is 1. The van der Waals surface area contributed by atoms with Crippen molar-refractivity contribution in [3.05, 3.63) is 77.8 Å². The molecule has 0 N–H and O–H groups in total. The maximum atomic E-state index is 12.0. The van der Waals surface area contributed by atoms with Gasteiger partial charge >= 0.3 is 0 Å². The predicted octanol–water partition coefficient (Wildman–Crippen LogP) is 3.60. The lowest BCUT2D eigenvalue weighted by Crippen LogP contribution is -1.98. The van der Waals surface area contributed by atoms with Crippen molar-refractivity contribution in [3.63, 3.8) is 0 Å². The standard InChI is InChI=1S/C16H12N2O2/c19-18(12-13-4-2-1-3-5-13)15-8-6-14(7-9-15)16-17-10-11-20-16/h1-12H/b18-12-. The number of oxazole rings is 1. The van der Waals surface area contributed by atoms with E-state index in [2.05, 4.69) is 4.98 Å². The van der Waals surface area contributed by atoms with E-state index in [4.69, 9.17) is 4.42 Å². The van der Waals surface area contributed by atoms with Gasteiger partial charge in [0, 0.05) is 23.3 Å². The molecule has 0 bridgehead atoms. The molecule has 0 saturated carbocycles. The highest BCUT2D eigenvalue weighted by Crippen LogP contribution is 2.20. The van der Waals surface area contributed by atoms with E-state index >= 15 is 0 Å². The molecule has 0 atom stereocenters. The fourth-order valence-electron chi connectivity index (χ4n) is 1.87. The van der Waals surface area contributed by atoms with Crippen LogP contribution in [-0.2, 0) is 0 Å². The quantitative estimate of drug-likeness (QED) is 0.314. The Labute approximate surface area is 116 Å². The van der Waals surface area contributed by atoms with Gasteiger partial charge in [0.2, 0.25) is 11.6 Å². The molecule has 0 spiro atoms. The van der Waals surface area contributed by atoms with Crippen LogP contribution >= 0.6 is 0 Å². The molecule has 0 aliphatic rings. The first-order chi connectivity index (χ1) is 9.83. The van der Waals surface area contributed by atoms with Gasteiger partial charge in [0.15, 0.2) is 6.21 Å². The van der Waals surface area contributed by atoms with Crippen LogP contribution in [0.1, 0.15) is 5.56 Å². The second-order valence-electron chi connectivity index (χ2n) is 4.25. The van der Waals surface area contributed by atoms with Crippen LogP contribution in [-0.4, -0.2) is 15.9 Å². The van der Waals surface area contributed by atoms with Gasteiger partial charge in [-0.05, 0) is 24.3 Å². The monoisotopic (exact) mass is 264 g/mol. The summed E-state index contributed by atoms with van der Waals surface area (Å²) < 4.78 is 6.05. The van der Waals surface area contributed by atoms with Crippen LogP contribution in [0, 0.1) is 5.21 Å². The van der Waals surface area contributed by atoms with E-state index in [-0.39, 0.29) is 0 Å². The predicted molar refractivity (Wildman–Crippen MR) is 76.8 cm³/mol. The molecule has 0 unspecified atom stereocenters. The summed E-state index contributed by atoms with van der Waals surface area (Å²) in [5.74, 6) is 0.543. The van der Waals surface area contributed by atoms with Crippen molar-refractivity contribution in [1.29, 1.82) is 0 Å². The Morgan fingerprint density at radius 2 is 1.75 bits per heavy atom. The summed E-state index contributed by atoms with van der Waals surface area (Å²) in [7, 11) is 0. The number of nitrogens with zero attached hydrogens (tertiary/aromatic N) is 2. The summed E-state index contributed by atoms with van der Waals surface area (Å²) in [4.78, 5) is 4.06. The SMILES string of the molecule is [O-]/[N+](=C\c1ccccc1)c1ccc(-c2ncco2)cc1. The van der Waals surface area contributed by atoms with Gasteiger partial charge in [-0.15, -0.1) is 0 Å². The molecule has 0 radical (unpaired) electrons. The highest BCUT2D eigenvalue weighted by molar-refractivity contribution is 5.76. The third kappa shape index (κ3) is 2.59. The van der Waals surface area contributed by atoms with E-state index in [1.54, 1.807) is 24.5 Å². The van der Waals surface area contributed by atoms with Crippen molar-refractivity contribution >= 4 is 11.9 Å². The Morgan fingerprint density at radius 3 is 2.40 bits per heavy atom. The fraction of sp³-hybridized carbons (Fsp3) is 0. The van der Waals surface area contributed by atoms with Crippen molar-refractivity contribution in [2.75, 3.05) is 0 Å². The van der Waals surface area contributed by atoms with E-state index in [0.717, 1.165) is 15.9 Å². The first-order valence-electron chi connectivity index (χ1n) is 6.19. The molecule has 0 fully saturated rings. The molecule has 2 aromatic carbocycles. The lowest BCUT2D eigenvalue weighted by molar-refractivity contribution is -0.354. The summed E-state index contributed by atoms with van der Waals surface area (Å²) in [5.41, 5.74) is 2.26. The molecular weight excluding hydrogens is 252 g/mol. The van der Waals surface area contributed by atoms with Crippen LogP contribution in [0.3, 0.4) is 0 Å². The molecule has 20 heavy (non-hydrogen) atoms. The first-order valence-corrected chi connectivity index (χ1v) is 6.19. The summed E-state index contributed by atoms with van der Waals surface area (Å²) in [6.45, 7) is 0. The molecule has 3 rings (SSSR count). The smallest absolute Gasteiger partial charge is 0.225 e. The summed E-state index contributed by atoms with van der Waals surface area (Å²) >= 11 is 0. The van der Waals surface area contributed by atoms with E-state index in [0.29, 0.717) is 11.6 Å². The van der Waals surface area contributed by atoms with Crippen molar-refractivity contribution < 1.29 is 9.16 Å². The molecule has 1 aromatic heterocycles. The maximum Gasteiger partial charge on any atom is 0.225 e. The van der Waals surface area contributed by atoms with Gasteiger partial charge in [-0.3, -0.25) is 0 Å². The molecule has 0 saturated heterocycles. The summed E-state index contributed by atoms with van der Waals surface area (Å²) in [6, 6.07) is 16.6. The van der Waals surface area contributed by atoms with Crippen LogP contribution in [0.4, 0.5) is 5.69 Å². The van der Waals surface area contributed by atoms with E-state index in [1.165, 1.54) is 6.26 Å². The van der Waals surface area contributed by atoms with Gasteiger partial charge in [0.1, 0.15) is 6.26 Å². The number of benzene rings is 2. The highest BCUT2D eigenvalue weighted by Gasteiger charge is 2.05. The minimum atomic E-state index is 0.543. The van der Waals surface area contributed by atoms with Crippen LogP contribution in [0.2, 0.25) is 0 Å². The van der Waals surface area contributed by atoms with Crippen molar-refractivity contribution in [2.45, 2.75) is 0 Å². The average molecular weight is 264 g/mol. The Morgan fingerprint density at radius 1 is 1.00 bits per heavy atom. The van der Waals surface area contributed by atoms with Crippen molar-refractivity contribution in [1.82, 2.24) is 4.98 Å². The molecule has 0 aliphatic carbocycles. The highest BCUT2D eigenvalue weighted by atomic mass is 16.5. The van der Waals surface area contributed by atoms with Crippen LogP contribution in [0.5, 0.6) is 0 Å². The molecule has 4 heteroatoms. The Balaban J connectivity index is 1.86. The van der Waals surface area contributed by atoms with Crippen LogP contribution in [0.25, 0.3) is 11.5 Å². The van der Waals surface area contributed by atoms with Crippen molar-refractivity contribution in [2.24, 2.45) is 0 Å². The topological polar surface area (TPSA) is 52.1 Å². The average Bonchev–Trinajstić information content (AvgIpc) is 3.03.